The number of amides is 1. The number of aromatic nitrogens is 1. The van der Waals surface area contributed by atoms with Crippen molar-refractivity contribution < 1.29 is 18.0 Å². The molecule has 1 aromatic heterocycles. The average molecular weight is 353 g/mol. The van der Waals surface area contributed by atoms with Crippen LogP contribution >= 0.6 is 23.1 Å². The maximum Gasteiger partial charge on any atom is 0.442 e. The molecule has 0 atom stereocenters. The molecule has 0 unspecified atom stereocenters. The van der Waals surface area contributed by atoms with Crippen LogP contribution in [0.4, 0.5) is 13.2 Å². The number of carbonyl (C=O) groups excluding carboxylic acids is 1. The van der Waals surface area contributed by atoms with Gasteiger partial charge < -0.3 is 4.90 Å². The van der Waals surface area contributed by atoms with E-state index in [0.717, 1.165) is 23.7 Å². The number of hydrogen-bond acceptors (Lipinski definition) is 5. The summed E-state index contributed by atoms with van der Waals surface area (Å²) in [5, 5.41) is 3.14. The Morgan fingerprint density at radius 3 is 2.59 bits per heavy atom. The van der Waals surface area contributed by atoms with E-state index in [1.807, 2.05) is 5.38 Å². The van der Waals surface area contributed by atoms with E-state index >= 15 is 0 Å². The van der Waals surface area contributed by atoms with Crippen LogP contribution in [0.5, 0.6) is 0 Å². The van der Waals surface area contributed by atoms with E-state index in [0.29, 0.717) is 26.2 Å². The topological polar surface area (TPSA) is 36.4 Å². The van der Waals surface area contributed by atoms with Crippen LogP contribution in [-0.2, 0) is 17.8 Å². The van der Waals surface area contributed by atoms with Gasteiger partial charge in [0, 0.05) is 38.1 Å². The zero-order valence-electron chi connectivity index (χ0n) is 12.2. The lowest BCUT2D eigenvalue weighted by Crippen LogP contribution is -2.49. The minimum Gasteiger partial charge on any atom is -0.339 e. The van der Waals surface area contributed by atoms with Crippen LogP contribution in [0, 0.1) is 0 Å². The van der Waals surface area contributed by atoms with Gasteiger partial charge in [0.05, 0.1) is 16.5 Å². The molecule has 0 radical (unpaired) electrons. The van der Waals surface area contributed by atoms with Crippen molar-refractivity contribution in [3.8, 4) is 0 Å². The highest BCUT2D eigenvalue weighted by molar-refractivity contribution is 8.00. The van der Waals surface area contributed by atoms with E-state index in [9.17, 15) is 18.0 Å². The number of thioether (sulfide) groups is 1. The third-order valence-electron chi connectivity index (χ3n) is 3.37. The first kappa shape index (κ1) is 17.6. The largest absolute Gasteiger partial charge is 0.442 e. The van der Waals surface area contributed by atoms with Gasteiger partial charge in [-0.15, -0.1) is 11.3 Å². The summed E-state index contributed by atoms with van der Waals surface area (Å²) in [5.74, 6) is -0.973. The van der Waals surface area contributed by atoms with Gasteiger partial charge >= 0.3 is 5.51 Å². The maximum absolute atomic E-state index is 12.1. The highest BCUT2D eigenvalue weighted by Gasteiger charge is 2.31. The Bertz CT molecular complexity index is 499. The van der Waals surface area contributed by atoms with Crippen LogP contribution in [-0.4, -0.2) is 58.1 Å². The number of carbonyl (C=O) groups is 1. The van der Waals surface area contributed by atoms with Crippen LogP contribution < -0.4 is 0 Å². The maximum atomic E-state index is 12.1. The Kier molecular flexibility index (Phi) is 6.10. The van der Waals surface area contributed by atoms with Gasteiger partial charge in [-0.2, -0.15) is 13.2 Å². The molecule has 4 nitrogen and oxygen atoms in total. The fraction of sp³-hybridized carbons (Fsp3) is 0.692. The van der Waals surface area contributed by atoms with Gasteiger partial charge in [0.15, 0.2) is 0 Å². The first-order chi connectivity index (χ1) is 10.4. The second-order valence-electron chi connectivity index (χ2n) is 4.98. The van der Waals surface area contributed by atoms with Crippen LogP contribution in [0.1, 0.15) is 17.6 Å². The van der Waals surface area contributed by atoms with Crippen LogP contribution in [0.25, 0.3) is 0 Å². The van der Waals surface area contributed by atoms with E-state index in [-0.39, 0.29) is 11.8 Å². The molecule has 124 valence electrons. The van der Waals surface area contributed by atoms with Crippen molar-refractivity contribution in [2.24, 2.45) is 0 Å². The summed E-state index contributed by atoms with van der Waals surface area (Å²) in [4.78, 5) is 19.9. The number of thiazole rings is 1. The lowest BCUT2D eigenvalue weighted by atomic mass is 10.3. The molecule has 0 saturated carbocycles. The zero-order valence-corrected chi connectivity index (χ0v) is 13.9. The van der Waals surface area contributed by atoms with Crippen molar-refractivity contribution in [3.63, 3.8) is 0 Å². The molecule has 0 aliphatic carbocycles. The Labute approximate surface area is 135 Å². The normalized spacial score (nSPS) is 17.0. The van der Waals surface area contributed by atoms with Crippen molar-refractivity contribution in [2.45, 2.75) is 25.4 Å². The molecule has 22 heavy (non-hydrogen) atoms. The molecule has 2 rings (SSSR count). The van der Waals surface area contributed by atoms with Gasteiger partial charge in [-0.1, -0.05) is 6.92 Å². The molecule has 1 fully saturated rings. The second-order valence-corrected chi connectivity index (χ2v) is 6.96. The Morgan fingerprint density at radius 1 is 1.36 bits per heavy atom. The Balaban J connectivity index is 1.74. The molecule has 0 aromatic carbocycles. The summed E-state index contributed by atoms with van der Waals surface area (Å²) in [5.41, 5.74) is -3.33. The summed E-state index contributed by atoms with van der Waals surface area (Å²) >= 11 is 1.37. The Morgan fingerprint density at radius 2 is 2.05 bits per heavy atom. The zero-order chi connectivity index (χ0) is 16.2. The third-order valence-corrected chi connectivity index (χ3v) is 5.13. The molecule has 0 N–H and O–H groups in total. The molecule has 2 heterocycles. The first-order valence-electron chi connectivity index (χ1n) is 7.01. The minimum absolute atomic E-state index is 0.269. The molecule has 1 amide bonds. The number of piperazine rings is 1. The summed E-state index contributed by atoms with van der Waals surface area (Å²) in [7, 11) is 0. The number of rotatable bonds is 5. The van der Waals surface area contributed by atoms with Gasteiger partial charge in [0.25, 0.3) is 0 Å². The molecule has 0 spiro atoms. The van der Waals surface area contributed by atoms with Crippen molar-refractivity contribution in [3.05, 3.63) is 16.1 Å². The summed E-state index contributed by atoms with van der Waals surface area (Å²) in [6, 6.07) is 0. The SMILES string of the molecule is CCc1nc(CN2CCN(C(=O)CSC(F)(F)F)CC2)cs1. The molecular formula is C13H18F3N3OS2. The van der Waals surface area contributed by atoms with Crippen LogP contribution in [0.3, 0.4) is 0 Å². The lowest BCUT2D eigenvalue weighted by Gasteiger charge is -2.34. The highest BCUT2D eigenvalue weighted by atomic mass is 32.2. The van der Waals surface area contributed by atoms with E-state index in [1.54, 1.807) is 11.3 Å². The van der Waals surface area contributed by atoms with Crippen LogP contribution in [0.15, 0.2) is 5.38 Å². The predicted molar refractivity (Wildman–Crippen MR) is 81.9 cm³/mol. The number of halogens is 3. The minimum atomic E-state index is -4.35. The fourth-order valence-electron chi connectivity index (χ4n) is 2.20. The van der Waals surface area contributed by atoms with Crippen molar-refractivity contribution in [1.82, 2.24) is 14.8 Å². The van der Waals surface area contributed by atoms with Gasteiger partial charge in [0.2, 0.25) is 5.91 Å². The summed E-state index contributed by atoms with van der Waals surface area (Å²) in [6.07, 6.45) is 0.920. The van der Waals surface area contributed by atoms with Crippen molar-refractivity contribution >= 4 is 29.0 Å². The summed E-state index contributed by atoms with van der Waals surface area (Å²) in [6.45, 7) is 5.08. The quantitative estimate of drug-likeness (QED) is 0.815. The van der Waals surface area contributed by atoms with Gasteiger partial charge in [0.1, 0.15) is 0 Å². The van der Waals surface area contributed by atoms with E-state index < -0.39 is 17.2 Å². The number of nitrogens with zero attached hydrogens (tertiary/aromatic N) is 3. The smallest absolute Gasteiger partial charge is 0.339 e. The number of aryl methyl sites for hydroxylation is 1. The summed E-state index contributed by atoms with van der Waals surface area (Å²) < 4.78 is 36.3. The lowest BCUT2D eigenvalue weighted by molar-refractivity contribution is -0.130. The molecular weight excluding hydrogens is 335 g/mol. The van der Waals surface area contributed by atoms with Gasteiger partial charge in [-0.05, 0) is 18.2 Å². The number of alkyl halides is 3. The van der Waals surface area contributed by atoms with Crippen molar-refractivity contribution in [1.29, 1.82) is 0 Å². The van der Waals surface area contributed by atoms with Crippen molar-refractivity contribution in [2.75, 3.05) is 31.9 Å². The molecule has 1 aromatic rings. The highest BCUT2D eigenvalue weighted by Crippen LogP contribution is 2.30. The number of hydrogen-bond donors (Lipinski definition) is 0. The first-order valence-corrected chi connectivity index (χ1v) is 8.88. The monoisotopic (exact) mass is 353 g/mol. The third kappa shape index (κ3) is 5.44. The molecule has 1 aliphatic rings. The van der Waals surface area contributed by atoms with E-state index in [4.69, 9.17) is 0 Å². The van der Waals surface area contributed by atoms with Crippen LogP contribution in [0.2, 0.25) is 0 Å². The molecule has 1 aliphatic heterocycles. The second kappa shape index (κ2) is 7.65. The molecule has 1 saturated heterocycles. The molecule has 0 bridgehead atoms. The standard InChI is InChI=1S/C13H18F3N3OS2/c1-2-11-17-10(8-21-11)7-18-3-5-19(6-4-18)12(20)9-22-13(14,15)16/h8H,2-7,9H2,1H3. The fourth-order valence-corrected chi connectivity index (χ4v) is 3.41. The predicted octanol–water partition coefficient (Wildman–Crippen LogP) is 2.60. The van der Waals surface area contributed by atoms with Gasteiger partial charge in [-0.25, -0.2) is 4.98 Å². The molecule has 9 heteroatoms. The van der Waals surface area contributed by atoms with Gasteiger partial charge in [-0.3, -0.25) is 9.69 Å². The average Bonchev–Trinajstić information content (AvgIpc) is 2.92. The Hall–Kier alpha value is -0.800. The van der Waals surface area contributed by atoms with E-state index in [1.165, 1.54) is 4.90 Å². The van der Waals surface area contributed by atoms with E-state index in [2.05, 4.69) is 16.8 Å².